The molecule has 0 atom stereocenters. The summed E-state index contributed by atoms with van der Waals surface area (Å²) in [6.07, 6.45) is 6.74. The van der Waals surface area contributed by atoms with Gasteiger partial charge >= 0.3 is 0 Å². The van der Waals surface area contributed by atoms with Gasteiger partial charge in [0.15, 0.2) is 0 Å². The number of nitrogens with zero attached hydrogens (tertiary/aromatic N) is 3. The lowest BCUT2D eigenvalue weighted by Gasteiger charge is -2.14. The molecular formula is C17H25N3OS. The third-order valence-corrected chi connectivity index (χ3v) is 4.39. The molecule has 2 aromatic rings. The Labute approximate surface area is 136 Å². The fourth-order valence-corrected chi connectivity index (χ4v) is 3.27. The number of hydrazone groups is 1. The predicted molar refractivity (Wildman–Crippen MR) is 96.4 cm³/mol. The molecular weight excluding hydrogens is 294 g/mol. The van der Waals surface area contributed by atoms with Gasteiger partial charge in [0.1, 0.15) is 5.75 Å². The van der Waals surface area contributed by atoms with Gasteiger partial charge in [-0.1, -0.05) is 37.5 Å². The van der Waals surface area contributed by atoms with Gasteiger partial charge in [-0.15, -0.1) is 0 Å². The molecule has 0 aliphatic carbocycles. The number of aromatic nitrogens is 1. The summed E-state index contributed by atoms with van der Waals surface area (Å²) < 4.78 is 6.70. The van der Waals surface area contributed by atoms with Crippen LogP contribution in [0.25, 0.3) is 10.2 Å². The molecule has 0 spiro atoms. The van der Waals surface area contributed by atoms with Crippen molar-refractivity contribution in [2.45, 2.75) is 46.5 Å². The molecule has 2 rings (SSSR count). The minimum Gasteiger partial charge on any atom is -0.494 e. The Morgan fingerprint density at radius 2 is 2.14 bits per heavy atom. The van der Waals surface area contributed by atoms with E-state index in [0.29, 0.717) is 6.61 Å². The summed E-state index contributed by atoms with van der Waals surface area (Å²) in [5.74, 6) is 0.902. The Balaban J connectivity index is 2.14. The molecule has 0 amide bonds. The Morgan fingerprint density at radius 3 is 2.86 bits per heavy atom. The lowest BCUT2D eigenvalue weighted by Crippen LogP contribution is -2.17. The second kappa shape index (κ2) is 8.73. The number of fused-ring (bicyclic) bond motifs is 1. The van der Waals surface area contributed by atoms with Crippen LogP contribution >= 0.6 is 11.3 Å². The minimum atomic E-state index is 0.681. The van der Waals surface area contributed by atoms with Crippen LogP contribution in [0.2, 0.25) is 0 Å². The highest BCUT2D eigenvalue weighted by molar-refractivity contribution is 7.22. The number of ether oxygens (including phenoxy) is 1. The number of unbranched alkanes of at least 4 members (excludes halogenated alkanes) is 3. The van der Waals surface area contributed by atoms with Crippen molar-refractivity contribution in [3.05, 3.63) is 18.2 Å². The van der Waals surface area contributed by atoms with E-state index >= 15 is 0 Å². The monoisotopic (exact) mass is 319 g/mol. The lowest BCUT2D eigenvalue weighted by atomic mass is 10.2. The normalized spacial score (nSPS) is 11.4. The molecule has 0 aliphatic heterocycles. The number of rotatable bonds is 9. The minimum absolute atomic E-state index is 0.681. The second-order valence-corrected chi connectivity index (χ2v) is 6.13. The van der Waals surface area contributed by atoms with Crippen LogP contribution in [-0.2, 0) is 0 Å². The topological polar surface area (TPSA) is 37.7 Å². The lowest BCUT2D eigenvalue weighted by molar-refractivity contribution is 0.341. The molecule has 0 fully saturated rings. The zero-order valence-corrected chi connectivity index (χ0v) is 14.5. The van der Waals surface area contributed by atoms with E-state index in [0.717, 1.165) is 34.1 Å². The molecule has 0 saturated carbocycles. The average Bonchev–Trinajstić information content (AvgIpc) is 2.94. The van der Waals surface area contributed by atoms with Crippen LogP contribution in [-0.4, -0.2) is 24.4 Å². The number of thiazole rings is 1. The molecule has 0 N–H and O–H groups in total. The van der Waals surface area contributed by atoms with Crippen LogP contribution in [0.15, 0.2) is 23.3 Å². The van der Waals surface area contributed by atoms with Gasteiger partial charge in [0, 0.05) is 12.8 Å². The zero-order chi connectivity index (χ0) is 15.8. The number of benzene rings is 1. The van der Waals surface area contributed by atoms with Crippen molar-refractivity contribution in [2.24, 2.45) is 5.10 Å². The van der Waals surface area contributed by atoms with Gasteiger partial charge in [-0.3, -0.25) is 0 Å². The third-order valence-electron chi connectivity index (χ3n) is 3.36. The summed E-state index contributed by atoms with van der Waals surface area (Å²) in [7, 11) is 0. The van der Waals surface area contributed by atoms with Crippen molar-refractivity contribution in [1.82, 2.24) is 4.98 Å². The summed E-state index contributed by atoms with van der Waals surface area (Å²) >= 11 is 1.67. The quantitative estimate of drug-likeness (QED) is 0.367. The third kappa shape index (κ3) is 4.44. The van der Waals surface area contributed by atoms with Crippen LogP contribution in [0.1, 0.15) is 46.5 Å². The first-order valence-electron chi connectivity index (χ1n) is 8.08. The molecule has 5 heteroatoms. The van der Waals surface area contributed by atoms with E-state index in [1.54, 1.807) is 11.3 Å². The smallest absolute Gasteiger partial charge is 0.207 e. The molecule has 1 heterocycles. The standard InChI is InChI=1S/C17H25N3OS/c1-4-7-8-9-12-20(18-5-2)17-19-15-11-10-14(21-6-3)13-16(15)22-17/h5,10-11,13H,4,6-9,12H2,1-3H3/b18-5+. The maximum atomic E-state index is 5.56. The second-order valence-electron chi connectivity index (χ2n) is 5.12. The highest BCUT2D eigenvalue weighted by atomic mass is 32.1. The van der Waals surface area contributed by atoms with Crippen LogP contribution < -0.4 is 9.75 Å². The zero-order valence-electron chi connectivity index (χ0n) is 13.7. The van der Waals surface area contributed by atoms with Crippen LogP contribution in [0, 0.1) is 0 Å². The first kappa shape index (κ1) is 16.7. The highest BCUT2D eigenvalue weighted by Crippen LogP contribution is 2.31. The van der Waals surface area contributed by atoms with E-state index in [2.05, 4.69) is 18.1 Å². The van der Waals surface area contributed by atoms with Crippen molar-refractivity contribution < 1.29 is 4.74 Å². The van der Waals surface area contributed by atoms with Gasteiger partial charge in [0.05, 0.1) is 16.8 Å². The van der Waals surface area contributed by atoms with E-state index in [1.165, 1.54) is 19.3 Å². The van der Waals surface area contributed by atoms with E-state index in [-0.39, 0.29) is 0 Å². The van der Waals surface area contributed by atoms with Gasteiger partial charge in [-0.2, -0.15) is 5.10 Å². The van der Waals surface area contributed by atoms with Gasteiger partial charge in [0.25, 0.3) is 0 Å². The van der Waals surface area contributed by atoms with Gasteiger partial charge < -0.3 is 4.74 Å². The number of hydrogen-bond donors (Lipinski definition) is 0. The van der Waals surface area contributed by atoms with Gasteiger partial charge in [-0.05, 0) is 38.5 Å². The maximum Gasteiger partial charge on any atom is 0.207 e. The highest BCUT2D eigenvalue weighted by Gasteiger charge is 2.11. The van der Waals surface area contributed by atoms with Crippen molar-refractivity contribution in [3.63, 3.8) is 0 Å². The summed E-state index contributed by atoms with van der Waals surface area (Å²) in [6, 6.07) is 6.06. The molecule has 0 unspecified atom stereocenters. The predicted octanol–water partition coefficient (Wildman–Crippen LogP) is 5.09. The molecule has 0 saturated heterocycles. The number of hydrogen-bond acceptors (Lipinski definition) is 5. The Kier molecular flexibility index (Phi) is 6.65. The van der Waals surface area contributed by atoms with Gasteiger partial charge in [0.2, 0.25) is 5.13 Å². The van der Waals surface area contributed by atoms with E-state index < -0.39 is 0 Å². The maximum absolute atomic E-state index is 5.56. The molecule has 0 aliphatic rings. The Hall–Kier alpha value is -1.62. The molecule has 120 valence electrons. The molecule has 0 radical (unpaired) electrons. The fraction of sp³-hybridized carbons (Fsp3) is 0.529. The first-order valence-corrected chi connectivity index (χ1v) is 8.89. The van der Waals surface area contributed by atoms with Crippen molar-refractivity contribution in [2.75, 3.05) is 18.2 Å². The van der Waals surface area contributed by atoms with Gasteiger partial charge in [-0.25, -0.2) is 9.99 Å². The Morgan fingerprint density at radius 1 is 1.27 bits per heavy atom. The van der Waals surface area contributed by atoms with Crippen molar-refractivity contribution >= 4 is 32.9 Å². The van der Waals surface area contributed by atoms with E-state index in [1.807, 2.05) is 37.2 Å². The largest absolute Gasteiger partial charge is 0.494 e. The first-order chi connectivity index (χ1) is 10.8. The van der Waals surface area contributed by atoms with Crippen LogP contribution in [0.5, 0.6) is 5.75 Å². The van der Waals surface area contributed by atoms with Crippen LogP contribution in [0.3, 0.4) is 0 Å². The Bertz CT molecular complexity index is 609. The van der Waals surface area contributed by atoms with E-state index in [9.17, 15) is 0 Å². The summed E-state index contributed by atoms with van der Waals surface area (Å²) in [5.41, 5.74) is 1.01. The number of anilines is 1. The molecule has 1 aromatic heterocycles. The summed E-state index contributed by atoms with van der Waals surface area (Å²) in [5, 5.41) is 7.44. The molecule has 0 bridgehead atoms. The summed E-state index contributed by atoms with van der Waals surface area (Å²) in [6.45, 7) is 7.77. The average molecular weight is 319 g/mol. The molecule has 4 nitrogen and oxygen atoms in total. The van der Waals surface area contributed by atoms with Crippen LogP contribution in [0.4, 0.5) is 5.13 Å². The molecule has 22 heavy (non-hydrogen) atoms. The molecule has 1 aromatic carbocycles. The summed E-state index contributed by atoms with van der Waals surface area (Å²) in [4.78, 5) is 4.71. The fourth-order valence-electron chi connectivity index (χ4n) is 2.29. The van der Waals surface area contributed by atoms with Crippen molar-refractivity contribution in [1.29, 1.82) is 0 Å². The SMILES string of the molecule is C/C=N/N(CCCCCC)c1nc2ccc(OCC)cc2s1. The van der Waals surface area contributed by atoms with Crippen molar-refractivity contribution in [3.8, 4) is 5.75 Å². The van der Waals surface area contributed by atoms with E-state index in [4.69, 9.17) is 9.72 Å².